The van der Waals surface area contributed by atoms with Crippen LogP contribution in [0.3, 0.4) is 0 Å². The van der Waals surface area contributed by atoms with E-state index in [1.165, 1.54) is 11.1 Å². The van der Waals surface area contributed by atoms with Gasteiger partial charge in [0.15, 0.2) is 0 Å². The fourth-order valence-corrected chi connectivity index (χ4v) is 3.95. The lowest BCUT2D eigenvalue weighted by molar-refractivity contribution is -0.143. The SMILES string of the molecule is CCC1CN(c2c(C)cccc2C)C(=O)C1C.O=CNc1cc(C(F)(F)F)cc(C(F)(F)F)c1. The molecular formula is C24H26F6N2O2. The molecule has 0 bridgehead atoms. The Hall–Kier alpha value is -3.04. The van der Waals surface area contributed by atoms with Crippen molar-refractivity contribution in [3.63, 3.8) is 0 Å². The van der Waals surface area contributed by atoms with Gasteiger partial charge in [-0.2, -0.15) is 26.3 Å². The van der Waals surface area contributed by atoms with Crippen molar-refractivity contribution in [2.75, 3.05) is 16.8 Å². The first-order valence-corrected chi connectivity index (χ1v) is 10.6. The van der Waals surface area contributed by atoms with Crippen molar-refractivity contribution in [1.82, 2.24) is 0 Å². The highest BCUT2D eigenvalue weighted by Gasteiger charge is 2.38. The Labute approximate surface area is 193 Å². The molecule has 2 unspecified atom stereocenters. The number of halogens is 6. The van der Waals surface area contributed by atoms with Gasteiger partial charge >= 0.3 is 12.4 Å². The normalized spacial score (nSPS) is 18.4. The average Bonchev–Trinajstić information content (AvgIpc) is 3.01. The number of carbonyl (C=O) groups is 2. The first-order chi connectivity index (χ1) is 15.7. The van der Waals surface area contributed by atoms with Gasteiger partial charge in [-0.25, -0.2) is 0 Å². The third-order valence-electron chi connectivity index (χ3n) is 5.83. The summed E-state index contributed by atoms with van der Waals surface area (Å²) in [4.78, 5) is 24.3. The second kappa shape index (κ2) is 10.5. The lowest BCUT2D eigenvalue weighted by atomic mass is 9.95. The number of aryl methyl sites for hydroxylation is 2. The molecule has 0 radical (unpaired) electrons. The van der Waals surface area contributed by atoms with Crippen LogP contribution in [0.5, 0.6) is 0 Å². The molecule has 0 aromatic heterocycles. The predicted molar refractivity (Wildman–Crippen MR) is 117 cm³/mol. The minimum absolute atomic E-state index is 0.00432. The number of para-hydroxylation sites is 1. The summed E-state index contributed by atoms with van der Waals surface area (Å²) in [7, 11) is 0. The number of hydrogen-bond acceptors (Lipinski definition) is 2. The number of nitrogens with zero attached hydrogens (tertiary/aromatic N) is 1. The largest absolute Gasteiger partial charge is 0.416 e. The van der Waals surface area contributed by atoms with Crippen LogP contribution < -0.4 is 10.2 Å². The average molecular weight is 488 g/mol. The lowest BCUT2D eigenvalue weighted by Gasteiger charge is -2.21. The van der Waals surface area contributed by atoms with E-state index in [0.29, 0.717) is 18.1 Å². The van der Waals surface area contributed by atoms with Crippen molar-refractivity contribution in [1.29, 1.82) is 0 Å². The van der Waals surface area contributed by atoms with Crippen LogP contribution in [0.1, 0.15) is 42.5 Å². The third kappa shape index (κ3) is 6.30. The minimum Gasteiger partial charge on any atom is -0.329 e. The molecule has 0 aliphatic carbocycles. The number of nitrogens with one attached hydrogen (secondary N) is 1. The second-order valence-corrected chi connectivity index (χ2v) is 8.20. The highest BCUT2D eigenvalue weighted by Crippen LogP contribution is 2.37. The van der Waals surface area contributed by atoms with Crippen molar-refractivity contribution >= 4 is 23.7 Å². The summed E-state index contributed by atoms with van der Waals surface area (Å²) >= 11 is 0. The number of carbonyl (C=O) groups excluding carboxylic acids is 2. The maximum absolute atomic E-state index is 12.3. The molecular weight excluding hydrogens is 462 g/mol. The number of benzene rings is 2. The van der Waals surface area contributed by atoms with Crippen molar-refractivity contribution in [3.8, 4) is 0 Å². The molecule has 3 rings (SSSR count). The number of anilines is 2. The van der Waals surface area contributed by atoms with Crippen molar-refractivity contribution in [2.45, 2.75) is 46.5 Å². The molecule has 34 heavy (non-hydrogen) atoms. The fraction of sp³-hybridized carbons (Fsp3) is 0.417. The van der Waals surface area contributed by atoms with Gasteiger partial charge in [-0.3, -0.25) is 9.59 Å². The van der Waals surface area contributed by atoms with E-state index in [-0.39, 0.29) is 24.3 Å². The summed E-state index contributed by atoms with van der Waals surface area (Å²) in [6.45, 7) is 9.27. The zero-order chi connectivity index (χ0) is 25.8. The van der Waals surface area contributed by atoms with Crippen LogP contribution in [-0.2, 0) is 21.9 Å². The van der Waals surface area contributed by atoms with Crippen LogP contribution in [-0.4, -0.2) is 18.9 Å². The van der Waals surface area contributed by atoms with E-state index >= 15 is 0 Å². The molecule has 1 aliphatic heterocycles. The Kier molecular flexibility index (Phi) is 8.39. The van der Waals surface area contributed by atoms with Gasteiger partial charge in [0.1, 0.15) is 0 Å². The summed E-state index contributed by atoms with van der Waals surface area (Å²) in [6, 6.07) is 7.04. The lowest BCUT2D eigenvalue weighted by Crippen LogP contribution is -2.27. The topological polar surface area (TPSA) is 49.4 Å². The molecule has 2 atom stereocenters. The number of amides is 2. The molecule has 1 N–H and O–H groups in total. The van der Waals surface area contributed by atoms with Crippen molar-refractivity contribution < 1.29 is 35.9 Å². The second-order valence-electron chi connectivity index (χ2n) is 8.20. The van der Waals surface area contributed by atoms with Gasteiger partial charge < -0.3 is 10.2 Å². The zero-order valence-corrected chi connectivity index (χ0v) is 19.1. The number of rotatable bonds is 4. The predicted octanol–water partition coefficient (Wildman–Crippen LogP) is 6.60. The van der Waals surface area contributed by atoms with Gasteiger partial charge in [0, 0.05) is 23.8 Å². The van der Waals surface area contributed by atoms with Gasteiger partial charge in [-0.05, 0) is 49.1 Å². The third-order valence-corrected chi connectivity index (χ3v) is 5.83. The van der Waals surface area contributed by atoms with Gasteiger partial charge in [0.2, 0.25) is 12.3 Å². The summed E-state index contributed by atoms with van der Waals surface area (Å²) in [5, 5.41) is 1.75. The minimum atomic E-state index is -4.92. The first-order valence-electron chi connectivity index (χ1n) is 10.6. The highest BCUT2D eigenvalue weighted by atomic mass is 19.4. The Morgan fingerprint density at radius 1 is 1.00 bits per heavy atom. The van der Waals surface area contributed by atoms with E-state index in [9.17, 15) is 35.9 Å². The summed E-state index contributed by atoms with van der Waals surface area (Å²) in [5.74, 6) is 0.953. The molecule has 1 heterocycles. The van der Waals surface area contributed by atoms with E-state index in [4.69, 9.17) is 0 Å². The van der Waals surface area contributed by atoms with Gasteiger partial charge in [0.25, 0.3) is 0 Å². The monoisotopic (exact) mass is 488 g/mol. The molecule has 2 aromatic rings. The van der Waals surface area contributed by atoms with E-state index in [1.807, 2.05) is 4.90 Å². The molecule has 1 fully saturated rings. The molecule has 2 aromatic carbocycles. The standard InChI is InChI=1S/C15H21NO.C9H5F6NO/c1-5-13-9-16(15(17)12(13)4)14-10(2)7-6-8-11(14)3;10-8(11,12)5-1-6(9(13,14)15)3-7(2-5)16-4-17/h6-8,12-13H,5,9H2,1-4H3;1-4H,(H,16,17). The summed E-state index contributed by atoms with van der Waals surface area (Å²) < 4.78 is 73.8. The first kappa shape index (κ1) is 27.2. The van der Waals surface area contributed by atoms with Crippen molar-refractivity contribution in [3.05, 3.63) is 58.7 Å². The number of alkyl halides is 6. The van der Waals surface area contributed by atoms with Gasteiger partial charge in [-0.15, -0.1) is 0 Å². The molecule has 0 saturated carbocycles. The molecule has 186 valence electrons. The smallest absolute Gasteiger partial charge is 0.329 e. The number of hydrogen-bond donors (Lipinski definition) is 1. The molecule has 0 spiro atoms. The van der Waals surface area contributed by atoms with Crippen LogP contribution in [0.4, 0.5) is 37.7 Å². The Balaban J connectivity index is 0.000000240. The molecule has 4 nitrogen and oxygen atoms in total. The highest BCUT2D eigenvalue weighted by molar-refractivity contribution is 5.98. The molecule has 1 aliphatic rings. The molecule has 1 saturated heterocycles. The van der Waals surface area contributed by atoms with Gasteiger partial charge in [-0.1, -0.05) is 38.5 Å². The molecule has 2 amide bonds. The van der Waals surface area contributed by atoms with Crippen LogP contribution in [0.25, 0.3) is 0 Å². The summed E-state index contributed by atoms with van der Waals surface area (Å²) in [5.41, 5.74) is 0.000376. The zero-order valence-electron chi connectivity index (χ0n) is 19.1. The maximum Gasteiger partial charge on any atom is 0.416 e. The van der Waals surface area contributed by atoms with Crippen LogP contribution in [0.15, 0.2) is 36.4 Å². The van der Waals surface area contributed by atoms with E-state index in [1.54, 1.807) is 5.32 Å². The fourth-order valence-electron chi connectivity index (χ4n) is 3.95. The Morgan fingerprint density at radius 2 is 1.50 bits per heavy atom. The Morgan fingerprint density at radius 3 is 1.88 bits per heavy atom. The maximum atomic E-state index is 12.3. The van der Waals surface area contributed by atoms with E-state index < -0.39 is 29.2 Å². The quantitative estimate of drug-likeness (QED) is 0.389. The molecule has 10 heteroatoms. The van der Waals surface area contributed by atoms with Crippen LogP contribution in [0, 0.1) is 25.7 Å². The summed E-state index contributed by atoms with van der Waals surface area (Å²) in [6.07, 6.45) is -8.76. The Bertz CT molecular complexity index is 981. The van der Waals surface area contributed by atoms with Crippen molar-refractivity contribution in [2.24, 2.45) is 11.8 Å². The van der Waals surface area contributed by atoms with E-state index in [0.717, 1.165) is 18.7 Å². The van der Waals surface area contributed by atoms with Crippen LogP contribution in [0.2, 0.25) is 0 Å². The van der Waals surface area contributed by atoms with Gasteiger partial charge in [0.05, 0.1) is 11.1 Å². The van der Waals surface area contributed by atoms with E-state index in [2.05, 4.69) is 45.9 Å². The van der Waals surface area contributed by atoms with Crippen LogP contribution >= 0.6 is 0 Å².